The van der Waals surface area contributed by atoms with E-state index in [1.807, 2.05) is 0 Å². The molecule has 1 rings (SSSR count). The van der Waals surface area contributed by atoms with Gasteiger partial charge >= 0.3 is 17.9 Å². The summed E-state index contributed by atoms with van der Waals surface area (Å²) in [5.74, 6) is -1.78. The van der Waals surface area contributed by atoms with Crippen LogP contribution in [-0.4, -0.2) is 60.6 Å². The van der Waals surface area contributed by atoms with Gasteiger partial charge in [-0.05, 0) is 11.8 Å². The van der Waals surface area contributed by atoms with Crippen molar-refractivity contribution < 1.29 is 33.3 Å². The van der Waals surface area contributed by atoms with E-state index in [9.17, 15) is 14.4 Å². The summed E-state index contributed by atoms with van der Waals surface area (Å²) in [5.41, 5.74) is 8.15. The van der Waals surface area contributed by atoms with Crippen molar-refractivity contribution in [1.29, 1.82) is 0 Å². The summed E-state index contributed by atoms with van der Waals surface area (Å²) < 4.78 is 21.0. The third-order valence-electron chi connectivity index (χ3n) is 3.09. The molecule has 1 heterocycles. The summed E-state index contributed by atoms with van der Waals surface area (Å²) in [6.07, 6.45) is -1.17. The highest BCUT2D eigenvalue weighted by atomic mass is 32.2. The van der Waals surface area contributed by atoms with E-state index in [1.165, 1.54) is 32.5 Å². The summed E-state index contributed by atoms with van der Waals surface area (Å²) in [4.78, 5) is 36.5. The zero-order valence-electron chi connectivity index (χ0n) is 13.7. The monoisotopic (exact) mass is 361 g/mol. The number of carbonyl (C=O) groups is 3. The van der Waals surface area contributed by atoms with E-state index in [-0.39, 0.29) is 6.61 Å². The second kappa shape index (κ2) is 9.36. The molecule has 0 aromatic rings. The predicted molar refractivity (Wildman–Crippen MR) is 82.9 cm³/mol. The average molecular weight is 361 g/mol. The maximum absolute atomic E-state index is 11.4. The van der Waals surface area contributed by atoms with Crippen LogP contribution in [0.4, 0.5) is 0 Å². The molecule has 0 radical (unpaired) electrons. The van der Waals surface area contributed by atoms with Crippen molar-refractivity contribution in [3.63, 3.8) is 0 Å². The summed E-state index contributed by atoms with van der Waals surface area (Å²) in [6, 6.07) is -1.02. The first kappa shape index (κ1) is 20.1. The number of esters is 3. The van der Waals surface area contributed by atoms with Crippen LogP contribution in [0.15, 0.2) is 5.11 Å². The minimum atomic E-state index is -1.06. The van der Waals surface area contributed by atoms with Crippen molar-refractivity contribution in [3.05, 3.63) is 10.4 Å². The van der Waals surface area contributed by atoms with Crippen LogP contribution in [0.25, 0.3) is 10.4 Å². The SMILES string of the molecule is CS[C@@H]1OC(COC(C)=O)[C@H](OC(C)=O)[C@H](N=[N+]=[N-])C1OC(C)=O. The van der Waals surface area contributed by atoms with E-state index in [0.717, 1.165) is 0 Å². The van der Waals surface area contributed by atoms with Gasteiger partial charge in [0.25, 0.3) is 0 Å². The van der Waals surface area contributed by atoms with Crippen molar-refractivity contribution in [1.82, 2.24) is 0 Å². The second-order valence-electron chi connectivity index (χ2n) is 4.92. The molecule has 0 saturated carbocycles. The van der Waals surface area contributed by atoms with Crippen molar-refractivity contribution in [2.45, 2.75) is 50.6 Å². The molecule has 0 N–H and O–H groups in total. The van der Waals surface area contributed by atoms with Gasteiger partial charge in [0, 0.05) is 25.7 Å². The summed E-state index contributed by atoms with van der Waals surface area (Å²) >= 11 is 1.22. The molecule has 10 nitrogen and oxygen atoms in total. The third kappa shape index (κ3) is 5.59. The van der Waals surface area contributed by atoms with E-state index >= 15 is 0 Å². The molecule has 11 heteroatoms. The summed E-state index contributed by atoms with van der Waals surface area (Å²) in [5, 5.41) is 3.62. The fourth-order valence-electron chi connectivity index (χ4n) is 2.26. The number of azide groups is 1. The Hall–Kier alpha value is -1.97. The molecule has 0 spiro atoms. The first-order valence-electron chi connectivity index (χ1n) is 7.00. The number of rotatable bonds is 6. The van der Waals surface area contributed by atoms with E-state index in [0.29, 0.717) is 0 Å². The van der Waals surface area contributed by atoms with E-state index in [4.69, 9.17) is 24.5 Å². The van der Waals surface area contributed by atoms with Crippen LogP contribution >= 0.6 is 11.8 Å². The van der Waals surface area contributed by atoms with Gasteiger partial charge in [0.1, 0.15) is 36.4 Å². The lowest BCUT2D eigenvalue weighted by atomic mass is 9.97. The Bertz CT molecular complexity index is 538. The highest BCUT2D eigenvalue weighted by Crippen LogP contribution is 2.33. The Kier molecular flexibility index (Phi) is 7.83. The molecule has 0 amide bonds. The molecule has 24 heavy (non-hydrogen) atoms. The van der Waals surface area contributed by atoms with Crippen molar-refractivity contribution in [2.75, 3.05) is 12.9 Å². The lowest BCUT2D eigenvalue weighted by Crippen LogP contribution is -2.59. The maximum atomic E-state index is 11.4. The van der Waals surface area contributed by atoms with Gasteiger partial charge in [0.15, 0.2) is 0 Å². The minimum absolute atomic E-state index is 0.200. The van der Waals surface area contributed by atoms with Crippen molar-refractivity contribution >= 4 is 29.7 Å². The van der Waals surface area contributed by atoms with Crippen LogP contribution in [0.1, 0.15) is 20.8 Å². The van der Waals surface area contributed by atoms with Gasteiger partial charge in [0.05, 0.1) is 0 Å². The molecule has 0 bridgehead atoms. The predicted octanol–water partition coefficient (Wildman–Crippen LogP) is 1.18. The standard InChI is InChI=1S/C13H19N3O7S/c1-6(17)20-5-9-11(21-7(2)18)10(15-16-14)12(22-8(3)19)13(23-9)24-4/h9-13H,5H2,1-4H3/t9?,10-,11-,12?,13-/m0/s1. The molecule has 0 aromatic carbocycles. The first-order chi connectivity index (χ1) is 11.3. The smallest absolute Gasteiger partial charge is 0.303 e. The van der Waals surface area contributed by atoms with E-state index in [1.54, 1.807) is 6.26 Å². The number of carbonyl (C=O) groups excluding carboxylic acids is 3. The third-order valence-corrected chi connectivity index (χ3v) is 3.93. The van der Waals surface area contributed by atoms with Crippen LogP contribution in [0.2, 0.25) is 0 Å². The fourth-order valence-corrected chi connectivity index (χ4v) is 3.00. The number of thioether (sulfide) groups is 1. The van der Waals surface area contributed by atoms with Gasteiger partial charge in [-0.25, -0.2) is 0 Å². The van der Waals surface area contributed by atoms with E-state index < -0.39 is 47.7 Å². The van der Waals surface area contributed by atoms with E-state index in [2.05, 4.69) is 10.0 Å². The van der Waals surface area contributed by atoms with Crippen LogP contribution < -0.4 is 0 Å². The number of nitrogens with zero attached hydrogens (tertiary/aromatic N) is 3. The largest absolute Gasteiger partial charge is 0.463 e. The van der Waals surface area contributed by atoms with Gasteiger partial charge in [-0.15, -0.1) is 11.8 Å². The molecule has 2 unspecified atom stereocenters. The molecule has 0 aliphatic carbocycles. The highest BCUT2D eigenvalue weighted by molar-refractivity contribution is 7.99. The Morgan fingerprint density at radius 1 is 1.12 bits per heavy atom. The van der Waals surface area contributed by atoms with Gasteiger partial charge in [-0.1, -0.05) is 5.11 Å². The van der Waals surface area contributed by atoms with Crippen LogP contribution in [0.5, 0.6) is 0 Å². The number of hydrogen-bond donors (Lipinski definition) is 0. The average Bonchev–Trinajstić information content (AvgIpc) is 2.48. The lowest BCUT2D eigenvalue weighted by molar-refractivity contribution is -0.200. The van der Waals surface area contributed by atoms with Crippen LogP contribution in [0.3, 0.4) is 0 Å². The quantitative estimate of drug-likeness (QED) is 0.226. The molecule has 1 aliphatic rings. The van der Waals surface area contributed by atoms with Gasteiger partial charge < -0.3 is 18.9 Å². The zero-order valence-corrected chi connectivity index (χ0v) is 14.5. The number of ether oxygens (including phenoxy) is 4. The molecule has 134 valence electrons. The fraction of sp³-hybridized carbons (Fsp3) is 0.769. The molecule has 1 aliphatic heterocycles. The van der Waals surface area contributed by atoms with Gasteiger partial charge in [-0.2, -0.15) is 0 Å². The second-order valence-corrected chi connectivity index (χ2v) is 5.86. The Balaban J connectivity index is 3.17. The van der Waals surface area contributed by atoms with Crippen molar-refractivity contribution in [3.8, 4) is 0 Å². The van der Waals surface area contributed by atoms with Crippen LogP contribution in [0, 0.1) is 0 Å². The van der Waals surface area contributed by atoms with Crippen LogP contribution in [-0.2, 0) is 33.3 Å². The zero-order chi connectivity index (χ0) is 18.3. The molecule has 1 fully saturated rings. The normalized spacial score (nSPS) is 29.1. The minimum Gasteiger partial charge on any atom is -0.463 e. The van der Waals surface area contributed by atoms with Gasteiger partial charge in [-0.3, -0.25) is 14.4 Å². The molecular weight excluding hydrogens is 342 g/mol. The summed E-state index contributed by atoms with van der Waals surface area (Å²) in [6.45, 7) is 3.41. The Morgan fingerprint density at radius 3 is 2.17 bits per heavy atom. The first-order valence-corrected chi connectivity index (χ1v) is 8.29. The Morgan fingerprint density at radius 2 is 1.71 bits per heavy atom. The molecule has 0 aromatic heterocycles. The lowest BCUT2D eigenvalue weighted by Gasteiger charge is -2.43. The molecular formula is C13H19N3O7S. The number of hydrogen-bond acceptors (Lipinski definition) is 9. The highest BCUT2D eigenvalue weighted by Gasteiger charge is 2.49. The maximum Gasteiger partial charge on any atom is 0.303 e. The van der Waals surface area contributed by atoms with Crippen molar-refractivity contribution in [2.24, 2.45) is 5.11 Å². The molecule has 5 atom stereocenters. The summed E-state index contributed by atoms with van der Waals surface area (Å²) in [7, 11) is 0. The van der Waals surface area contributed by atoms with Gasteiger partial charge in [0.2, 0.25) is 0 Å². The molecule has 1 saturated heterocycles. The Labute approximate surface area is 142 Å². The topological polar surface area (TPSA) is 137 Å².